The van der Waals surface area contributed by atoms with Gasteiger partial charge in [0.1, 0.15) is 5.82 Å². The first-order valence-electron chi connectivity index (χ1n) is 5.10. The molecule has 0 bridgehead atoms. The highest BCUT2D eigenvalue weighted by Gasteiger charge is 2.05. The van der Waals surface area contributed by atoms with Crippen LogP contribution in [-0.4, -0.2) is 23.2 Å². The van der Waals surface area contributed by atoms with E-state index < -0.39 is 0 Å². The molecule has 0 spiro atoms. The van der Waals surface area contributed by atoms with E-state index in [4.69, 9.17) is 4.42 Å². The second-order valence-electron chi connectivity index (χ2n) is 3.37. The van der Waals surface area contributed by atoms with E-state index in [9.17, 15) is 4.79 Å². The molecule has 2 N–H and O–H groups in total. The van der Waals surface area contributed by atoms with E-state index in [0.29, 0.717) is 18.1 Å². The molecule has 0 atom stereocenters. The van der Waals surface area contributed by atoms with E-state index >= 15 is 0 Å². The second kappa shape index (κ2) is 5.11. The number of amides is 1. The third-order valence-corrected chi connectivity index (χ3v) is 2.18. The lowest BCUT2D eigenvalue weighted by Crippen LogP contribution is -2.19. The van der Waals surface area contributed by atoms with E-state index in [2.05, 4.69) is 20.8 Å². The molecule has 0 saturated carbocycles. The normalized spacial score (nSPS) is 9.94. The summed E-state index contributed by atoms with van der Waals surface area (Å²) in [4.78, 5) is 11.2. The number of nitrogens with one attached hydrogen (secondary N) is 2. The lowest BCUT2D eigenvalue weighted by Gasteiger charge is -2.03. The smallest absolute Gasteiger partial charge is 0.271 e. The van der Waals surface area contributed by atoms with Crippen LogP contribution in [0.3, 0.4) is 0 Å². The first-order chi connectivity index (χ1) is 8.29. The van der Waals surface area contributed by atoms with Crippen LogP contribution < -0.4 is 10.6 Å². The van der Waals surface area contributed by atoms with Crippen molar-refractivity contribution >= 4 is 11.7 Å². The molecule has 0 saturated heterocycles. The molecule has 0 fully saturated rings. The van der Waals surface area contributed by atoms with Crippen LogP contribution in [0.15, 0.2) is 35.1 Å². The number of hydrogen-bond donors (Lipinski definition) is 2. The first-order valence-corrected chi connectivity index (χ1v) is 5.10. The molecule has 0 unspecified atom stereocenters. The van der Waals surface area contributed by atoms with Crippen molar-refractivity contribution in [1.82, 2.24) is 15.5 Å². The van der Waals surface area contributed by atoms with Gasteiger partial charge >= 0.3 is 0 Å². The van der Waals surface area contributed by atoms with Crippen LogP contribution in [0.5, 0.6) is 0 Å². The molecule has 17 heavy (non-hydrogen) atoms. The van der Waals surface area contributed by atoms with Crippen molar-refractivity contribution < 1.29 is 9.21 Å². The number of carbonyl (C=O) groups is 1. The summed E-state index contributed by atoms with van der Waals surface area (Å²) in [7, 11) is 1.55. The largest absolute Gasteiger partial charge is 0.472 e. The highest BCUT2D eigenvalue weighted by atomic mass is 16.3. The fraction of sp³-hybridized carbons (Fsp3) is 0.182. The van der Waals surface area contributed by atoms with Gasteiger partial charge in [-0.3, -0.25) is 4.79 Å². The maximum absolute atomic E-state index is 11.2. The minimum absolute atomic E-state index is 0.251. The van der Waals surface area contributed by atoms with Gasteiger partial charge in [0.15, 0.2) is 5.69 Å². The average molecular weight is 232 g/mol. The zero-order valence-electron chi connectivity index (χ0n) is 9.30. The Morgan fingerprint density at radius 3 is 2.82 bits per heavy atom. The quantitative estimate of drug-likeness (QED) is 0.823. The zero-order valence-corrected chi connectivity index (χ0v) is 9.30. The standard InChI is InChI=1S/C11H12N4O2/c1-12-11(16)9-2-3-10(15-14-9)13-6-8-4-5-17-7-8/h2-5,7H,6H2,1H3,(H,12,16)(H,13,15). The maximum atomic E-state index is 11.2. The Hall–Kier alpha value is -2.37. The number of carbonyl (C=O) groups excluding carboxylic acids is 1. The van der Waals surface area contributed by atoms with Gasteiger partial charge in [0.05, 0.1) is 12.5 Å². The topological polar surface area (TPSA) is 80.0 Å². The van der Waals surface area contributed by atoms with Crippen LogP contribution in [0.1, 0.15) is 16.1 Å². The Kier molecular flexibility index (Phi) is 3.34. The predicted molar refractivity (Wildman–Crippen MR) is 61.5 cm³/mol. The van der Waals surface area contributed by atoms with Crippen molar-refractivity contribution in [2.45, 2.75) is 6.54 Å². The Morgan fingerprint density at radius 2 is 2.24 bits per heavy atom. The van der Waals surface area contributed by atoms with Crippen molar-refractivity contribution in [3.05, 3.63) is 42.0 Å². The van der Waals surface area contributed by atoms with Crippen LogP contribution in [0, 0.1) is 0 Å². The zero-order chi connectivity index (χ0) is 12.1. The van der Waals surface area contributed by atoms with Gasteiger partial charge in [-0.15, -0.1) is 10.2 Å². The number of furan rings is 1. The first kappa shape index (κ1) is 11.1. The van der Waals surface area contributed by atoms with Gasteiger partial charge in [-0.1, -0.05) is 0 Å². The van der Waals surface area contributed by atoms with Crippen molar-refractivity contribution in [1.29, 1.82) is 0 Å². The minimum atomic E-state index is -0.251. The van der Waals surface area contributed by atoms with Crippen LogP contribution in [0.2, 0.25) is 0 Å². The van der Waals surface area contributed by atoms with E-state index in [1.165, 1.54) is 0 Å². The third kappa shape index (κ3) is 2.81. The monoisotopic (exact) mass is 232 g/mol. The summed E-state index contributed by atoms with van der Waals surface area (Å²) in [6, 6.07) is 5.18. The molecule has 6 heteroatoms. The second-order valence-corrected chi connectivity index (χ2v) is 3.37. The summed E-state index contributed by atoms with van der Waals surface area (Å²) >= 11 is 0. The van der Waals surface area contributed by atoms with Gasteiger partial charge in [0, 0.05) is 19.2 Å². The van der Waals surface area contributed by atoms with Gasteiger partial charge in [-0.2, -0.15) is 0 Å². The highest BCUT2D eigenvalue weighted by molar-refractivity contribution is 5.91. The Balaban J connectivity index is 1.96. The summed E-state index contributed by atoms with van der Waals surface area (Å²) < 4.78 is 4.94. The van der Waals surface area contributed by atoms with Gasteiger partial charge in [-0.05, 0) is 18.2 Å². The molecule has 2 aromatic rings. The number of rotatable bonds is 4. The highest BCUT2D eigenvalue weighted by Crippen LogP contribution is 2.06. The fourth-order valence-corrected chi connectivity index (χ4v) is 1.26. The molecule has 1 amide bonds. The molecule has 0 radical (unpaired) electrons. The summed E-state index contributed by atoms with van der Waals surface area (Å²) in [5.74, 6) is 0.359. The number of nitrogens with zero attached hydrogens (tertiary/aromatic N) is 2. The summed E-state index contributed by atoms with van der Waals surface area (Å²) in [5.41, 5.74) is 1.31. The van der Waals surface area contributed by atoms with Crippen molar-refractivity contribution in [3.63, 3.8) is 0 Å². The van der Waals surface area contributed by atoms with Crippen LogP contribution >= 0.6 is 0 Å². The third-order valence-electron chi connectivity index (χ3n) is 2.18. The Bertz CT molecular complexity index is 479. The average Bonchev–Trinajstić information content (AvgIpc) is 2.89. The lowest BCUT2D eigenvalue weighted by atomic mass is 10.3. The van der Waals surface area contributed by atoms with Crippen LogP contribution in [0.25, 0.3) is 0 Å². The summed E-state index contributed by atoms with van der Waals surface area (Å²) in [6.45, 7) is 0.602. The molecule has 0 aromatic carbocycles. The van der Waals surface area contributed by atoms with Gasteiger partial charge in [0.25, 0.3) is 5.91 Å². The number of anilines is 1. The SMILES string of the molecule is CNC(=O)c1ccc(NCc2ccoc2)nn1. The van der Waals surface area contributed by atoms with Gasteiger partial charge in [0.2, 0.25) is 0 Å². The molecule has 2 heterocycles. The molecule has 0 aliphatic heterocycles. The molecular formula is C11H12N4O2. The van der Waals surface area contributed by atoms with E-state index in [0.717, 1.165) is 5.56 Å². The number of hydrogen-bond acceptors (Lipinski definition) is 5. The van der Waals surface area contributed by atoms with Crippen molar-refractivity contribution in [2.24, 2.45) is 0 Å². The fourth-order valence-electron chi connectivity index (χ4n) is 1.26. The summed E-state index contributed by atoms with van der Waals surface area (Å²) in [5, 5.41) is 13.2. The van der Waals surface area contributed by atoms with Crippen molar-refractivity contribution in [2.75, 3.05) is 12.4 Å². The van der Waals surface area contributed by atoms with E-state index in [1.807, 2.05) is 6.07 Å². The van der Waals surface area contributed by atoms with Gasteiger partial charge < -0.3 is 15.1 Å². The van der Waals surface area contributed by atoms with Gasteiger partial charge in [-0.25, -0.2) is 0 Å². The van der Waals surface area contributed by atoms with Crippen LogP contribution in [-0.2, 0) is 6.54 Å². The van der Waals surface area contributed by atoms with Crippen molar-refractivity contribution in [3.8, 4) is 0 Å². The molecular weight excluding hydrogens is 220 g/mol. The molecule has 2 rings (SSSR count). The maximum Gasteiger partial charge on any atom is 0.271 e. The molecule has 6 nitrogen and oxygen atoms in total. The van der Waals surface area contributed by atoms with E-state index in [-0.39, 0.29) is 5.91 Å². The predicted octanol–water partition coefficient (Wildman–Crippen LogP) is 1.04. The van der Waals surface area contributed by atoms with Crippen LogP contribution in [0.4, 0.5) is 5.82 Å². The number of aromatic nitrogens is 2. The lowest BCUT2D eigenvalue weighted by molar-refractivity contribution is 0.0957. The molecule has 2 aromatic heterocycles. The molecule has 0 aliphatic rings. The Morgan fingerprint density at radius 1 is 1.35 bits per heavy atom. The molecule has 0 aliphatic carbocycles. The molecule has 88 valence electrons. The Labute approximate surface area is 98.0 Å². The minimum Gasteiger partial charge on any atom is -0.472 e. The summed E-state index contributed by atoms with van der Waals surface area (Å²) in [6.07, 6.45) is 3.26. The van der Waals surface area contributed by atoms with E-state index in [1.54, 1.807) is 31.7 Å².